The summed E-state index contributed by atoms with van der Waals surface area (Å²) in [5, 5.41) is 3.33. The van der Waals surface area contributed by atoms with Gasteiger partial charge < -0.3 is 19.7 Å². The van der Waals surface area contributed by atoms with Crippen LogP contribution in [0.1, 0.15) is 35.7 Å². The van der Waals surface area contributed by atoms with Crippen LogP contribution in [0.3, 0.4) is 0 Å². The van der Waals surface area contributed by atoms with E-state index in [0.717, 1.165) is 31.5 Å². The zero-order chi connectivity index (χ0) is 19.1. The van der Waals surface area contributed by atoms with Gasteiger partial charge in [0.1, 0.15) is 6.61 Å². The monoisotopic (exact) mass is 369 g/mol. The third-order valence-corrected chi connectivity index (χ3v) is 4.78. The Morgan fingerprint density at radius 3 is 2.74 bits per heavy atom. The molecule has 1 amide bonds. The van der Waals surface area contributed by atoms with Crippen LogP contribution in [0.2, 0.25) is 0 Å². The molecular weight excluding hydrogens is 342 g/mol. The molecule has 0 aliphatic carbocycles. The Labute approximate surface area is 160 Å². The molecule has 0 spiro atoms. The van der Waals surface area contributed by atoms with Crippen LogP contribution in [-0.4, -0.2) is 48.6 Å². The van der Waals surface area contributed by atoms with Gasteiger partial charge in [0.05, 0.1) is 6.61 Å². The number of pyridine rings is 1. The molecule has 0 radical (unpaired) electrons. The third-order valence-electron chi connectivity index (χ3n) is 4.78. The van der Waals surface area contributed by atoms with E-state index in [9.17, 15) is 4.79 Å². The number of aromatic nitrogens is 1. The van der Waals surface area contributed by atoms with Gasteiger partial charge in [0.15, 0.2) is 11.5 Å². The normalized spacial score (nSPS) is 14.6. The highest BCUT2D eigenvalue weighted by Crippen LogP contribution is 2.30. The Balaban J connectivity index is 1.72. The summed E-state index contributed by atoms with van der Waals surface area (Å²) in [5.74, 6) is 1.23. The molecule has 2 heterocycles. The molecule has 27 heavy (non-hydrogen) atoms. The van der Waals surface area contributed by atoms with Crippen LogP contribution in [-0.2, 0) is 6.61 Å². The SMILES string of the molecule is CCOc1cc(C(=O)N(C)C2CCNCC2)ccc1OCc1cccnc1. The number of carbonyl (C=O) groups excluding carboxylic acids is 1. The summed E-state index contributed by atoms with van der Waals surface area (Å²) < 4.78 is 11.6. The van der Waals surface area contributed by atoms with Gasteiger partial charge in [-0.3, -0.25) is 9.78 Å². The number of benzene rings is 1. The second kappa shape index (κ2) is 9.37. The molecule has 1 N–H and O–H groups in total. The topological polar surface area (TPSA) is 63.7 Å². The third kappa shape index (κ3) is 4.98. The molecule has 1 aliphatic heterocycles. The highest BCUT2D eigenvalue weighted by atomic mass is 16.5. The first-order valence-corrected chi connectivity index (χ1v) is 9.45. The Bertz CT molecular complexity index is 746. The average molecular weight is 369 g/mol. The van der Waals surface area contributed by atoms with Crippen molar-refractivity contribution in [3.63, 3.8) is 0 Å². The molecule has 0 atom stereocenters. The summed E-state index contributed by atoms with van der Waals surface area (Å²) in [6.07, 6.45) is 5.46. The quantitative estimate of drug-likeness (QED) is 0.813. The molecule has 2 aromatic rings. The van der Waals surface area contributed by atoms with Crippen LogP contribution < -0.4 is 14.8 Å². The molecule has 1 aliphatic rings. The first kappa shape index (κ1) is 19.2. The summed E-state index contributed by atoms with van der Waals surface area (Å²) in [6.45, 7) is 4.73. The summed E-state index contributed by atoms with van der Waals surface area (Å²) >= 11 is 0. The zero-order valence-electron chi connectivity index (χ0n) is 16.0. The Kier molecular flexibility index (Phi) is 6.65. The van der Waals surface area contributed by atoms with E-state index in [1.807, 2.05) is 37.1 Å². The lowest BCUT2D eigenvalue weighted by molar-refractivity contribution is 0.0702. The molecule has 0 bridgehead atoms. The second-order valence-corrected chi connectivity index (χ2v) is 6.64. The van der Waals surface area contributed by atoms with Crippen molar-refractivity contribution in [3.8, 4) is 11.5 Å². The highest BCUT2D eigenvalue weighted by Gasteiger charge is 2.23. The van der Waals surface area contributed by atoms with E-state index in [4.69, 9.17) is 9.47 Å². The van der Waals surface area contributed by atoms with Crippen LogP contribution in [0.15, 0.2) is 42.7 Å². The van der Waals surface area contributed by atoms with Crippen molar-refractivity contribution in [3.05, 3.63) is 53.9 Å². The molecule has 0 unspecified atom stereocenters. The minimum Gasteiger partial charge on any atom is -0.490 e. The van der Waals surface area contributed by atoms with E-state index >= 15 is 0 Å². The molecule has 6 heteroatoms. The molecule has 144 valence electrons. The van der Waals surface area contributed by atoms with E-state index in [1.54, 1.807) is 24.5 Å². The van der Waals surface area contributed by atoms with Crippen LogP contribution in [0.5, 0.6) is 11.5 Å². The first-order valence-electron chi connectivity index (χ1n) is 9.45. The minimum absolute atomic E-state index is 0.0154. The van der Waals surface area contributed by atoms with Gasteiger partial charge in [0.25, 0.3) is 5.91 Å². The van der Waals surface area contributed by atoms with Crippen molar-refractivity contribution in [2.24, 2.45) is 0 Å². The minimum atomic E-state index is 0.0154. The predicted octanol–water partition coefficient (Wildman–Crippen LogP) is 2.88. The number of hydrogen-bond acceptors (Lipinski definition) is 5. The van der Waals surface area contributed by atoms with Crippen molar-refractivity contribution in [1.82, 2.24) is 15.2 Å². The molecule has 6 nitrogen and oxygen atoms in total. The van der Waals surface area contributed by atoms with E-state index in [1.165, 1.54) is 0 Å². The van der Waals surface area contributed by atoms with Crippen molar-refractivity contribution in [2.45, 2.75) is 32.4 Å². The number of carbonyl (C=O) groups is 1. The second-order valence-electron chi connectivity index (χ2n) is 6.64. The van der Waals surface area contributed by atoms with E-state index in [2.05, 4.69) is 10.3 Å². The first-order chi connectivity index (χ1) is 13.2. The van der Waals surface area contributed by atoms with Crippen molar-refractivity contribution >= 4 is 5.91 Å². The molecule has 1 aromatic carbocycles. The summed E-state index contributed by atoms with van der Waals surface area (Å²) in [6, 6.07) is 9.50. The number of rotatable bonds is 7. The zero-order valence-corrected chi connectivity index (χ0v) is 16.0. The van der Waals surface area contributed by atoms with Crippen molar-refractivity contribution < 1.29 is 14.3 Å². The van der Waals surface area contributed by atoms with Gasteiger partial charge in [0.2, 0.25) is 0 Å². The molecule has 0 saturated carbocycles. The standard InChI is InChI=1S/C21H27N3O3/c1-3-26-20-13-17(21(25)24(2)18-8-11-22-12-9-18)6-7-19(20)27-15-16-5-4-10-23-14-16/h4-7,10,13-14,18,22H,3,8-9,11-12,15H2,1-2H3. The number of nitrogens with zero attached hydrogens (tertiary/aromatic N) is 2. The average Bonchev–Trinajstić information content (AvgIpc) is 2.73. The summed E-state index contributed by atoms with van der Waals surface area (Å²) in [4.78, 5) is 18.8. The molecule has 1 aromatic heterocycles. The Hall–Kier alpha value is -2.60. The van der Waals surface area contributed by atoms with E-state index < -0.39 is 0 Å². The van der Waals surface area contributed by atoms with Crippen LogP contribution in [0.4, 0.5) is 0 Å². The van der Waals surface area contributed by atoms with Crippen molar-refractivity contribution in [2.75, 3.05) is 26.7 Å². The predicted molar refractivity (Wildman–Crippen MR) is 104 cm³/mol. The van der Waals surface area contributed by atoms with Crippen molar-refractivity contribution in [1.29, 1.82) is 0 Å². The maximum atomic E-state index is 12.9. The molecule has 3 rings (SSSR count). The fourth-order valence-corrected chi connectivity index (χ4v) is 3.24. The number of amides is 1. The molecule has 1 saturated heterocycles. The van der Waals surface area contributed by atoms with Gasteiger partial charge in [-0.15, -0.1) is 0 Å². The fraction of sp³-hybridized carbons (Fsp3) is 0.429. The summed E-state index contributed by atoms with van der Waals surface area (Å²) in [7, 11) is 1.88. The Morgan fingerprint density at radius 2 is 2.04 bits per heavy atom. The van der Waals surface area contributed by atoms with Crippen LogP contribution in [0, 0.1) is 0 Å². The maximum absolute atomic E-state index is 12.9. The number of piperidine rings is 1. The van der Waals surface area contributed by atoms with E-state index in [0.29, 0.717) is 30.3 Å². The lowest BCUT2D eigenvalue weighted by atomic mass is 10.0. The lowest BCUT2D eigenvalue weighted by Crippen LogP contribution is -2.43. The van der Waals surface area contributed by atoms with Gasteiger partial charge in [-0.05, 0) is 57.1 Å². The van der Waals surface area contributed by atoms with Gasteiger partial charge >= 0.3 is 0 Å². The Morgan fingerprint density at radius 1 is 1.22 bits per heavy atom. The highest BCUT2D eigenvalue weighted by molar-refractivity contribution is 5.95. The van der Waals surface area contributed by atoms with Gasteiger partial charge in [-0.2, -0.15) is 0 Å². The van der Waals surface area contributed by atoms with Gasteiger partial charge in [0, 0.05) is 36.6 Å². The smallest absolute Gasteiger partial charge is 0.253 e. The largest absolute Gasteiger partial charge is 0.490 e. The molecular formula is C21H27N3O3. The number of hydrogen-bond donors (Lipinski definition) is 1. The summed E-state index contributed by atoms with van der Waals surface area (Å²) in [5.41, 5.74) is 1.60. The number of ether oxygens (including phenoxy) is 2. The van der Waals surface area contributed by atoms with Gasteiger partial charge in [-0.1, -0.05) is 6.07 Å². The van der Waals surface area contributed by atoms with Gasteiger partial charge in [-0.25, -0.2) is 0 Å². The van der Waals surface area contributed by atoms with Crippen LogP contribution in [0.25, 0.3) is 0 Å². The molecule has 1 fully saturated rings. The maximum Gasteiger partial charge on any atom is 0.253 e. The van der Waals surface area contributed by atoms with E-state index in [-0.39, 0.29) is 11.9 Å². The van der Waals surface area contributed by atoms with Crippen LogP contribution >= 0.6 is 0 Å². The fourth-order valence-electron chi connectivity index (χ4n) is 3.24. The lowest BCUT2D eigenvalue weighted by Gasteiger charge is -2.31. The number of nitrogens with one attached hydrogen (secondary N) is 1.